The number of furan rings is 1. The van der Waals surface area contributed by atoms with E-state index in [1.54, 1.807) is 19.2 Å². The highest BCUT2D eigenvalue weighted by molar-refractivity contribution is 6.12. The lowest BCUT2D eigenvalue weighted by molar-refractivity contribution is -0.124. The van der Waals surface area contributed by atoms with E-state index in [9.17, 15) is 14.7 Å². The number of carbonyl (C=O) groups excluding carboxylic acids is 2. The highest BCUT2D eigenvalue weighted by atomic mass is 16.3. The number of amides is 2. The minimum Gasteiger partial charge on any atom is -0.508 e. The molecule has 150 valence electrons. The molecule has 1 aliphatic rings. The third kappa shape index (κ3) is 3.69. The summed E-state index contributed by atoms with van der Waals surface area (Å²) in [5.41, 5.74) is 2.40. The summed E-state index contributed by atoms with van der Waals surface area (Å²) in [4.78, 5) is 26.5. The summed E-state index contributed by atoms with van der Waals surface area (Å²) in [6.07, 6.45) is 0.494. The predicted molar refractivity (Wildman–Crippen MR) is 110 cm³/mol. The second-order valence-corrected chi connectivity index (χ2v) is 7.06. The molecule has 7 heteroatoms. The Kier molecular flexibility index (Phi) is 5.22. The molecule has 0 bridgehead atoms. The van der Waals surface area contributed by atoms with E-state index in [1.807, 2.05) is 35.2 Å². The topological polar surface area (TPSA) is 94.8 Å². The normalized spacial score (nSPS) is 14.7. The van der Waals surface area contributed by atoms with Gasteiger partial charge in [-0.3, -0.25) is 14.5 Å². The number of phenolic OH excluding ortho intramolecular Hbond substituents is 1. The van der Waals surface area contributed by atoms with Crippen molar-refractivity contribution < 1.29 is 19.1 Å². The highest BCUT2D eigenvalue weighted by Gasteiger charge is 2.25. The number of piperazine rings is 1. The van der Waals surface area contributed by atoms with E-state index < -0.39 is 0 Å². The number of phenols is 1. The summed E-state index contributed by atoms with van der Waals surface area (Å²) in [6, 6.07) is 12.7. The molecule has 4 rings (SSSR count). The number of carbonyl (C=O) groups is 2. The zero-order chi connectivity index (χ0) is 20.4. The summed E-state index contributed by atoms with van der Waals surface area (Å²) in [5, 5.41) is 16.7. The van der Waals surface area contributed by atoms with Crippen LogP contribution in [-0.4, -0.2) is 55.0 Å². The van der Waals surface area contributed by atoms with Crippen LogP contribution in [-0.2, 0) is 11.2 Å². The van der Waals surface area contributed by atoms with Crippen molar-refractivity contribution in [2.45, 2.75) is 6.42 Å². The predicted octanol–water partition coefficient (Wildman–Crippen LogP) is 2.14. The maximum Gasteiger partial charge on any atom is 0.255 e. The first-order valence-corrected chi connectivity index (χ1v) is 9.62. The van der Waals surface area contributed by atoms with Gasteiger partial charge in [-0.05, 0) is 18.6 Å². The average Bonchev–Trinajstić information content (AvgIpc) is 3.13. The minimum absolute atomic E-state index is 0.000551. The fourth-order valence-corrected chi connectivity index (χ4v) is 3.79. The summed E-state index contributed by atoms with van der Waals surface area (Å²) in [5.74, 6) is 0.319. The first kappa shape index (κ1) is 19.0. The van der Waals surface area contributed by atoms with Gasteiger partial charge in [-0.15, -0.1) is 0 Å². The van der Waals surface area contributed by atoms with E-state index >= 15 is 0 Å². The minimum atomic E-state index is -0.271. The van der Waals surface area contributed by atoms with E-state index in [4.69, 9.17) is 4.42 Å². The van der Waals surface area contributed by atoms with Crippen LogP contribution in [0.2, 0.25) is 0 Å². The van der Waals surface area contributed by atoms with Crippen molar-refractivity contribution in [1.82, 2.24) is 15.5 Å². The van der Waals surface area contributed by atoms with Crippen molar-refractivity contribution >= 4 is 22.8 Å². The van der Waals surface area contributed by atoms with Gasteiger partial charge >= 0.3 is 0 Å². The third-order valence-corrected chi connectivity index (χ3v) is 5.22. The quantitative estimate of drug-likeness (QED) is 0.617. The van der Waals surface area contributed by atoms with Gasteiger partial charge in [-0.1, -0.05) is 30.3 Å². The van der Waals surface area contributed by atoms with E-state index in [1.165, 1.54) is 0 Å². The van der Waals surface area contributed by atoms with Gasteiger partial charge in [0.2, 0.25) is 5.91 Å². The molecular formula is C22H23N3O4. The molecule has 2 amide bonds. The number of hydrogen-bond donors (Lipinski definition) is 3. The largest absolute Gasteiger partial charge is 0.508 e. The fourth-order valence-electron chi connectivity index (χ4n) is 3.79. The van der Waals surface area contributed by atoms with Crippen LogP contribution in [0.1, 0.15) is 15.9 Å². The number of aromatic hydroxyl groups is 1. The lowest BCUT2D eigenvalue weighted by Gasteiger charge is -2.26. The maximum absolute atomic E-state index is 12.8. The van der Waals surface area contributed by atoms with Crippen molar-refractivity contribution in [2.75, 3.05) is 33.2 Å². The van der Waals surface area contributed by atoms with Crippen molar-refractivity contribution in [3.63, 3.8) is 0 Å². The molecule has 29 heavy (non-hydrogen) atoms. The monoisotopic (exact) mass is 393 g/mol. The van der Waals surface area contributed by atoms with Crippen LogP contribution < -0.4 is 10.6 Å². The molecule has 1 fully saturated rings. The van der Waals surface area contributed by atoms with Crippen LogP contribution in [0.3, 0.4) is 0 Å². The molecule has 1 aromatic heterocycles. The average molecular weight is 393 g/mol. The van der Waals surface area contributed by atoms with Gasteiger partial charge in [0.15, 0.2) is 0 Å². The summed E-state index contributed by atoms with van der Waals surface area (Å²) in [7, 11) is 1.57. The van der Waals surface area contributed by atoms with Crippen molar-refractivity contribution in [1.29, 1.82) is 0 Å². The van der Waals surface area contributed by atoms with Crippen molar-refractivity contribution in [3.05, 3.63) is 53.6 Å². The molecule has 0 radical (unpaired) electrons. The van der Waals surface area contributed by atoms with Crippen LogP contribution in [0, 0.1) is 0 Å². The lowest BCUT2D eigenvalue weighted by Crippen LogP contribution is -2.48. The van der Waals surface area contributed by atoms with E-state index in [0.29, 0.717) is 53.9 Å². The molecule has 0 unspecified atom stereocenters. The molecule has 0 aliphatic carbocycles. The van der Waals surface area contributed by atoms with Crippen LogP contribution >= 0.6 is 0 Å². The van der Waals surface area contributed by atoms with E-state index in [2.05, 4.69) is 10.6 Å². The van der Waals surface area contributed by atoms with Crippen LogP contribution in [0.15, 0.2) is 46.9 Å². The number of rotatable bonds is 5. The summed E-state index contributed by atoms with van der Waals surface area (Å²) in [6.45, 7) is 2.30. The van der Waals surface area contributed by atoms with Gasteiger partial charge in [-0.25, -0.2) is 0 Å². The molecule has 3 N–H and O–H groups in total. The Balaban J connectivity index is 1.79. The smallest absolute Gasteiger partial charge is 0.255 e. The third-order valence-electron chi connectivity index (χ3n) is 5.22. The standard InChI is InChI=1S/C22H23N3O4/c1-23-22(28)20-19-15(9-11-25-12-10-24-18(27)13-25)16(26)7-8-17(19)29-21(20)14-5-3-2-4-6-14/h2-8,26H,9-13H2,1H3,(H,23,28)(H,24,27). The van der Waals surface area contributed by atoms with Gasteiger partial charge in [0.1, 0.15) is 17.1 Å². The van der Waals surface area contributed by atoms with Crippen molar-refractivity contribution in [2.24, 2.45) is 0 Å². The molecule has 2 aromatic carbocycles. The van der Waals surface area contributed by atoms with Crippen LogP contribution in [0.5, 0.6) is 5.75 Å². The molecule has 0 saturated carbocycles. The molecule has 3 aromatic rings. The Morgan fingerprint density at radius 2 is 2.03 bits per heavy atom. The van der Waals surface area contributed by atoms with Gasteiger partial charge in [0.05, 0.1) is 12.1 Å². The SMILES string of the molecule is CNC(=O)c1c(-c2ccccc2)oc2ccc(O)c(CCN3CCNC(=O)C3)c12. The van der Waals surface area contributed by atoms with Gasteiger partial charge in [0.25, 0.3) is 5.91 Å². The summed E-state index contributed by atoms with van der Waals surface area (Å²) < 4.78 is 6.06. The lowest BCUT2D eigenvalue weighted by atomic mass is 9.98. The molecule has 1 aliphatic heterocycles. The maximum atomic E-state index is 12.8. The zero-order valence-corrected chi connectivity index (χ0v) is 16.2. The molecule has 0 atom stereocenters. The van der Waals surface area contributed by atoms with Gasteiger partial charge in [-0.2, -0.15) is 0 Å². The van der Waals surface area contributed by atoms with Gasteiger partial charge in [0, 0.05) is 43.2 Å². The number of fused-ring (bicyclic) bond motifs is 1. The number of hydrogen-bond acceptors (Lipinski definition) is 5. The Labute approximate surface area is 168 Å². The Bertz CT molecular complexity index is 1060. The van der Waals surface area contributed by atoms with E-state index in [0.717, 1.165) is 12.1 Å². The summed E-state index contributed by atoms with van der Waals surface area (Å²) >= 11 is 0. The molecular weight excluding hydrogens is 370 g/mol. The number of nitrogens with zero attached hydrogens (tertiary/aromatic N) is 1. The van der Waals surface area contributed by atoms with Crippen LogP contribution in [0.25, 0.3) is 22.3 Å². The molecule has 2 heterocycles. The molecule has 7 nitrogen and oxygen atoms in total. The van der Waals surface area contributed by atoms with Crippen molar-refractivity contribution in [3.8, 4) is 17.1 Å². The number of benzene rings is 2. The first-order valence-electron chi connectivity index (χ1n) is 9.62. The van der Waals surface area contributed by atoms with Crippen LogP contribution in [0.4, 0.5) is 0 Å². The Morgan fingerprint density at radius 3 is 2.76 bits per heavy atom. The molecule has 0 spiro atoms. The highest BCUT2D eigenvalue weighted by Crippen LogP contribution is 2.38. The fraction of sp³-hybridized carbons (Fsp3) is 0.273. The Hall–Kier alpha value is -3.32. The molecule has 1 saturated heterocycles. The zero-order valence-electron chi connectivity index (χ0n) is 16.2. The Morgan fingerprint density at radius 1 is 1.24 bits per heavy atom. The second kappa shape index (κ2) is 7.97. The first-order chi connectivity index (χ1) is 14.1. The number of nitrogens with one attached hydrogen (secondary N) is 2. The van der Waals surface area contributed by atoms with Gasteiger partial charge < -0.3 is 20.2 Å². The van der Waals surface area contributed by atoms with E-state index in [-0.39, 0.29) is 17.6 Å². The second-order valence-electron chi connectivity index (χ2n) is 7.06.